The normalized spacial score (nSPS) is 26.2. The first-order valence-electron chi connectivity index (χ1n) is 6.81. The fourth-order valence-corrected chi connectivity index (χ4v) is 3.09. The topological polar surface area (TPSA) is 56.7 Å². The third-order valence-electron chi connectivity index (χ3n) is 4.33. The van der Waals surface area contributed by atoms with Gasteiger partial charge in [-0.15, -0.1) is 0 Å². The van der Waals surface area contributed by atoms with Crippen molar-refractivity contribution < 1.29 is 0 Å². The van der Waals surface area contributed by atoms with Crippen molar-refractivity contribution in [2.24, 2.45) is 12.8 Å². The Morgan fingerprint density at radius 2 is 2.21 bits per heavy atom. The summed E-state index contributed by atoms with van der Waals surface area (Å²) >= 11 is 0. The molecule has 1 aliphatic rings. The van der Waals surface area contributed by atoms with E-state index in [0.29, 0.717) is 5.92 Å². The number of rotatable bonds is 2. The number of benzene rings is 1. The number of hydrogen-bond acceptors (Lipinski definition) is 3. The Balaban J connectivity index is 2.01. The van der Waals surface area contributed by atoms with Crippen molar-refractivity contribution in [2.75, 3.05) is 0 Å². The monoisotopic (exact) mass is 256 g/mol. The van der Waals surface area contributed by atoms with E-state index in [4.69, 9.17) is 5.73 Å². The molecule has 19 heavy (non-hydrogen) atoms. The van der Waals surface area contributed by atoms with E-state index in [2.05, 4.69) is 41.3 Å². The highest BCUT2D eigenvalue weighted by atomic mass is 15.3. The van der Waals surface area contributed by atoms with Gasteiger partial charge in [0.15, 0.2) is 0 Å². The van der Waals surface area contributed by atoms with E-state index in [1.165, 1.54) is 11.1 Å². The van der Waals surface area contributed by atoms with E-state index in [9.17, 15) is 0 Å². The minimum Gasteiger partial charge on any atom is -0.321 e. The molecule has 0 aliphatic heterocycles. The molecule has 4 nitrogen and oxygen atoms in total. The molecule has 0 spiro atoms. The molecule has 2 N–H and O–H groups in total. The van der Waals surface area contributed by atoms with Crippen molar-refractivity contribution in [1.82, 2.24) is 14.8 Å². The summed E-state index contributed by atoms with van der Waals surface area (Å²) in [5.74, 6) is 1.54. The average molecular weight is 256 g/mol. The Kier molecular flexibility index (Phi) is 2.90. The van der Waals surface area contributed by atoms with Gasteiger partial charge in [0.1, 0.15) is 12.2 Å². The molecular formula is C15H20N4. The molecule has 4 heteroatoms. The van der Waals surface area contributed by atoms with Crippen LogP contribution < -0.4 is 5.73 Å². The number of hydrogen-bond donors (Lipinski definition) is 1. The molecule has 0 saturated carbocycles. The van der Waals surface area contributed by atoms with Crippen molar-refractivity contribution in [1.29, 1.82) is 0 Å². The van der Waals surface area contributed by atoms with Crippen molar-refractivity contribution in [3.05, 3.63) is 47.5 Å². The first kappa shape index (κ1) is 12.4. The molecular weight excluding hydrogens is 236 g/mol. The van der Waals surface area contributed by atoms with Gasteiger partial charge in [-0.1, -0.05) is 31.2 Å². The van der Waals surface area contributed by atoms with Gasteiger partial charge in [0.25, 0.3) is 0 Å². The first-order valence-corrected chi connectivity index (χ1v) is 6.81. The van der Waals surface area contributed by atoms with Gasteiger partial charge in [-0.2, -0.15) is 5.10 Å². The number of nitrogens with two attached hydrogens (primary N) is 1. The molecule has 2 unspecified atom stereocenters. The quantitative estimate of drug-likeness (QED) is 0.895. The zero-order chi connectivity index (χ0) is 13.5. The van der Waals surface area contributed by atoms with E-state index in [1.54, 1.807) is 6.33 Å². The summed E-state index contributed by atoms with van der Waals surface area (Å²) < 4.78 is 1.81. The van der Waals surface area contributed by atoms with Gasteiger partial charge in [0, 0.05) is 19.0 Å². The lowest BCUT2D eigenvalue weighted by atomic mass is 9.71. The van der Waals surface area contributed by atoms with Crippen LogP contribution in [0.25, 0.3) is 0 Å². The predicted octanol–water partition coefficient (Wildman–Crippen LogP) is 2.11. The summed E-state index contributed by atoms with van der Waals surface area (Å²) in [6.45, 7) is 2.28. The molecule has 2 aromatic rings. The van der Waals surface area contributed by atoms with Crippen LogP contribution in [0.15, 0.2) is 30.6 Å². The highest BCUT2D eigenvalue weighted by Gasteiger charge is 2.36. The Morgan fingerprint density at radius 3 is 2.95 bits per heavy atom. The molecule has 0 bridgehead atoms. The number of aryl methyl sites for hydroxylation is 1. The van der Waals surface area contributed by atoms with Gasteiger partial charge in [-0.3, -0.25) is 4.68 Å². The molecule has 1 aromatic carbocycles. The van der Waals surface area contributed by atoms with Crippen molar-refractivity contribution in [3.8, 4) is 0 Å². The molecule has 100 valence electrons. The summed E-state index contributed by atoms with van der Waals surface area (Å²) in [5.41, 5.74) is 9.06. The van der Waals surface area contributed by atoms with E-state index in [1.807, 2.05) is 11.7 Å². The van der Waals surface area contributed by atoms with E-state index in [-0.39, 0.29) is 5.54 Å². The van der Waals surface area contributed by atoms with Crippen LogP contribution in [0.5, 0.6) is 0 Å². The number of nitrogens with zero attached hydrogens (tertiary/aromatic N) is 3. The Bertz CT molecular complexity index is 589. The minimum absolute atomic E-state index is 0.316. The van der Waals surface area contributed by atoms with Crippen LogP contribution >= 0.6 is 0 Å². The Hall–Kier alpha value is -1.68. The lowest BCUT2D eigenvalue weighted by Crippen LogP contribution is -2.43. The molecule has 3 rings (SSSR count). The SMILES string of the molecule is CC1CCC(N)(Cc2ncnn2C)c2ccccc21. The zero-order valence-corrected chi connectivity index (χ0v) is 11.5. The highest BCUT2D eigenvalue weighted by Crippen LogP contribution is 2.41. The molecule has 1 aliphatic carbocycles. The Morgan fingerprint density at radius 1 is 1.42 bits per heavy atom. The highest BCUT2D eigenvalue weighted by molar-refractivity contribution is 5.39. The molecule has 0 radical (unpaired) electrons. The molecule has 1 heterocycles. The predicted molar refractivity (Wildman–Crippen MR) is 74.7 cm³/mol. The van der Waals surface area contributed by atoms with Crippen LogP contribution in [-0.2, 0) is 19.0 Å². The second-order valence-electron chi connectivity index (χ2n) is 5.66. The van der Waals surface area contributed by atoms with Gasteiger partial charge in [0.2, 0.25) is 0 Å². The summed E-state index contributed by atoms with van der Waals surface area (Å²) in [5, 5.41) is 4.13. The van der Waals surface area contributed by atoms with Crippen LogP contribution in [0.2, 0.25) is 0 Å². The number of fused-ring (bicyclic) bond motifs is 1. The molecule has 0 saturated heterocycles. The van der Waals surface area contributed by atoms with Crippen LogP contribution in [-0.4, -0.2) is 14.8 Å². The number of aromatic nitrogens is 3. The molecule has 0 amide bonds. The Labute approximate surface area is 113 Å². The minimum atomic E-state index is -0.316. The third kappa shape index (κ3) is 2.06. The van der Waals surface area contributed by atoms with Crippen LogP contribution in [0, 0.1) is 0 Å². The third-order valence-corrected chi connectivity index (χ3v) is 4.33. The molecule has 0 fully saturated rings. The van der Waals surface area contributed by atoms with E-state index in [0.717, 1.165) is 25.1 Å². The fraction of sp³-hybridized carbons (Fsp3) is 0.467. The van der Waals surface area contributed by atoms with Crippen molar-refractivity contribution in [3.63, 3.8) is 0 Å². The zero-order valence-electron chi connectivity index (χ0n) is 11.5. The van der Waals surface area contributed by atoms with Crippen LogP contribution in [0.3, 0.4) is 0 Å². The van der Waals surface area contributed by atoms with Gasteiger partial charge < -0.3 is 5.73 Å². The standard InChI is InChI=1S/C15H20N4/c1-11-7-8-15(16,9-14-17-10-18-19(14)2)13-6-4-3-5-12(11)13/h3-6,10-11H,7-9,16H2,1-2H3. The second-order valence-corrected chi connectivity index (χ2v) is 5.66. The fourth-order valence-electron chi connectivity index (χ4n) is 3.09. The maximum absolute atomic E-state index is 6.71. The van der Waals surface area contributed by atoms with Gasteiger partial charge >= 0.3 is 0 Å². The van der Waals surface area contributed by atoms with E-state index >= 15 is 0 Å². The summed E-state index contributed by atoms with van der Waals surface area (Å²) in [4.78, 5) is 4.32. The molecule has 2 atom stereocenters. The first-order chi connectivity index (χ1) is 9.10. The van der Waals surface area contributed by atoms with E-state index < -0.39 is 0 Å². The van der Waals surface area contributed by atoms with Gasteiger partial charge in [-0.25, -0.2) is 4.98 Å². The molecule has 1 aromatic heterocycles. The smallest absolute Gasteiger partial charge is 0.138 e. The van der Waals surface area contributed by atoms with Crippen molar-refractivity contribution in [2.45, 2.75) is 37.6 Å². The summed E-state index contributed by atoms with van der Waals surface area (Å²) in [6.07, 6.45) is 4.46. The second kappa shape index (κ2) is 4.46. The van der Waals surface area contributed by atoms with Crippen LogP contribution in [0.4, 0.5) is 0 Å². The maximum Gasteiger partial charge on any atom is 0.138 e. The van der Waals surface area contributed by atoms with Crippen LogP contribution in [0.1, 0.15) is 42.6 Å². The largest absolute Gasteiger partial charge is 0.321 e. The van der Waals surface area contributed by atoms with Crippen molar-refractivity contribution >= 4 is 0 Å². The average Bonchev–Trinajstić information content (AvgIpc) is 2.80. The maximum atomic E-state index is 6.71. The van der Waals surface area contributed by atoms with Gasteiger partial charge in [-0.05, 0) is 29.9 Å². The summed E-state index contributed by atoms with van der Waals surface area (Å²) in [7, 11) is 1.92. The van der Waals surface area contributed by atoms with Gasteiger partial charge in [0.05, 0.1) is 0 Å². The lowest BCUT2D eigenvalue weighted by Gasteiger charge is -2.38. The summed E-state index contributed by atoms with van der Waals surface area (Å²) in [6, 6.07) is 8.55. The lowest BCUT2D eigenvalue weighted by molar-refractivity contribution is 0.339.